The number of hydrogen-bond acceptors (Lipinski definition) is 3. The van der Waals surface area contributed by atoms with Gasteiger partial charge < -0.3 is 5.32 Å². The third kappa shape index (κ3) is 3.11. The van der Waals surface area contributed by atoms with Gasteiger partial charge in [0, 0.05) is 16.1 Å². The van der Waals surface area contributed by atoms with E-state index in [1.54, 1.807) is 24.3 Å². The van der Waals surface area contributed by atoms with Crippen molar-refractivity contribution in [2.24, 2.45) is 0 Å². The lowest BCUT2D eigenvalue weighted by Gasteiger charge is -2.04. The van der Waals surface area contributed by atoms with Gasteiger partial charge in [-0.15, -0.1) is 11.3 Å². The molecule has 0 saturated carbocycles. The molecule has 4 nitrogen and oxygen atoms in total. The number of amides is 1. The van der Waals surface area contributed by atoms with Gasteiger partial charge in [-0.25, -0.2) is 4.68 Å². The SMILES string of the molecule is Cc1cccc(-n2nc(C)c3cc(C(=O)Nc4ccc(Cl)cc4)sc32)c1. The molecule has 130 valence electrons. The Morgan fingerprint density at radius 2 is 1.88 bits per heavy atom. The van der Waals surface area contributed by atoms with E-state index in [4.69, 9.17) is 11.6 Å². The van der Waals surface area contributed by atoms with Crippen LogP contribution >= 0.6 is 22.9 Å². The molecule has 2 aromatic heterocycles. The van der Waals surface area contributed by atoms with E-state index >= 15 is 0 Å². The number of halogens is 1. The first-order valence-corrected chi connectivity index (χ1v) is 9.34. The second-order valence-electron chi connectivity index (χ2n) is 6.13. The molecule has 1 N–H and O–H groups in total. The second kappa shape index (κ2) is 6.59. The number of aryl methyl sites for hydroxylation is 2. The number of fused-ring (bicyclic) bond motifs is 1. The zero-order valence-corrected chi connectivity index (χ0v) is 15.9. The van der Waals surface area contributed by atoms with Gasteiger partial charge in [-0.2, -0.15) is 5.10 Å². The third-order valence-electron chi connectivity index (χ3n) is 4.12. The topological polar surface area (TPSA) is 46.9 Å². The molecule has 0 bridgehead atoms. The Kier molecular flexibility index (Phi) is 4.26. The average Bonchev–Trinajstić information content (AvgIpc) is 3.18. The summed E-state index contributed by atoms with van der Waals surface area (Å²) in [6, 6.07) is 17.1. The maximum absolute atomic E-state index is 12.6. The lowest BCUT2D eigenvalue weighted by atomic mass is 10.2. The molecule has 4 aromatic rings. The summed E-state index contributed by atoms with van der Waals surface area (Å²) in [6.45, 7) is 4.01. The van der Waals surface area contributed by atoms with Gasteiger partial charge >= 0.3 is 0 Å². The number of nitrogens with one attached hydrogen (secondary N) is 1. The van der Waals surface area contributed by atoms with Gasteiger partial charge in [-0.1, -0.05) is 23.7 Å². The van der Waals surface area contributed by atoms with Crippen molar-refractivity contribution in [1.82, 2.24) is 9.78 Å². The van der Waals surface area contributed by atoms with Crippen LogP contribution in [0.1, 0.15) is 20.9 Å². The van der Waals surface area contributed by atoms with E-state index in [0.717, 1.165) is 21.6 Å². The molecule has 0 spiro atoms. The molecule has 0 fully saturated rings. The molecule has 0 saturated heterocycles. The molecule has 1 amide bonds. The molecule has 0 aliphatic rings. The van der Waals surface area contributed by atoms with E-state index in [0.29, 0.717) is 15.6 Å². The van der Waals surface area contributed by atoms with Gasteiger partial charge in [0.05, 0.1) is 16.3 Å². The van der Waals surface area contributed by atoms with Gasteiger partial charge in [0.25, 0.3) is 5.91 Å². The lowest BCUT2D eigenvalue weighted by Crippen LogP contribution is -2.09. The zero-order chi connectivity index (χ0) is 18.3. The molecule has 0 atom stereocenters. The van der Waals surface area contributed by atoms with Gasteiger partial charge in [0.1, 0.15) is 4.83 Å². The maximum atomic E-state index is 12.6. The van der Waals surface area contributed by atoms with Crippen LogP contribution < -0.4 is 5.32 Å². The highest BCUT2D eigenvalue weighted by Crippen LogP contribution is 2.31. The van der Waals surface area contributed by atoms with Crippen molar-refractivity contribution in [3.8, 4) is 5.69 Å². The van der Waals surface area contributed by atoms with Crippen LogP contribution in [0.25, 0.3) is 15.9 Å². The van der Waals surface area contributed by atoms with E-state index in [1.807, 2.05) is 29.8 Å². The maximum Gasteiger partial charge on any atom is 0.265 e. The minimum atomic E-state index is -0.135. The number of nitrogens with zero attached hydrogens (tertiary/aromatic N) is 2. The third-order valence-corrected chi connectivity index (χ3v) is 5.48. The highest BCUT2D eigenvalue weighted by atomic mass is 35.5. The minimum Gasteiger partial charge on any atom is -0.321 e. The first kappa shape index (κ1) is 16.8. The molecule has 0 radical (unpaired) electrons. The molecule has 0 aliphatic carbocycles. The van der Waals surface area contributed by atoms with Crippen LogP contribution in [0, 0.1) is 13.8 Å². The van der Waals surface area contributed by atoms with Crippen LogP contribution in [-0.4, -0.2) is 15.7 Å². The summed E-state index contributed by atoms with van der Waals surface area (Å²) < 4.78 is 1.90. The van der Waals surface area contributed by atoms with Crippen LogP contribution in [0.2, 0.25) is 5.02 Å². The number of anilines is 1. The van der Waals surface area contributed by atoms with Crippen LogP contribution in [0.3, 0.4) is 0 Å². The van der Waals surface area contributed by atoms with Crippen molar-refractivity contribution in [3.63, 3.8) is 0 Å². The minimum absolute atomic E-state index is 0.135. The number of carbonyl (C=O) groups excluding carboxylic acids is 1. The molecule has 2 aromatic carbocycles. The van der Waals surface area contributed by atoms with Crippen LogP contribution in [0.5, 0.6) is 0 Å². The number of hydrogen-bond donors (Lipinski definition) is 1. The van der Waals surface area contributed by atoms with E-state index in [2.05, 4.69) is 29.5 Å². The van der Waals surface area contributed by atoms with Crippen molar-refractivity contribution in [3.05, 3.63) is 75.8 Å². The molecule has 2 heterocycles. The first-order valence-electron chi connectivity index (χ1n) is 8.14. The monoisotopic (exact) mass is 381 g/mol. The lowest BCUT2D eigenvalue weighted by molar-refractivity contribution is 0.103. The molecule has 6 heteroatoms. The fraction of sp³-hybridized carbons (Fsp3) is 0.100. The Hall–Kier alpha value is -2.63. The fourth-order valence-electron chi connectivity index (χ4n) is 2.82. The largest absolute Gasteiger partial charge is 0.321 e. The number of thiophene rings is 1. The zero-order valence-electron chi connectivity index (χ0n) is 14.3. The molecule has 0 unspecified atom stereocenters. The van der Waals surface area contributed by atoms with E-state index in [9.17, 15) is 4.79 Å². The summed E-state index contributed by atoms with van der Waals surface area (Å²) in [5.74, 6) is -0.135. The highest BCUT2D eigenvalue weighted by Gasteiger charge is 2.17. The van der Waals surface area contributed by atoms with Crippen LogP contribution in [0.15, 0.2) is 54.6 Å². The number of benzene rings is 2. The molecule has 26 heavy (non-hydrogen) atoms. The van der Waals surface area contributed by atoms with E-state index < -0.39 is 0 Å². The number of carbonyl (C=O) groups is 1. The Morgan fingerprint density at radius 1 is 1.12 bits per heavy atom. The molecule has 4 rings (SSSR count). The summed E-state index contributed by atoms with van der Waals surface area (Å²) in [5, 5.41) is 9.18. The predicted molar refractivity (Wildman–Crippen MR) is 108 cm³/mol. The van der Waals surface area contributed by atoms with Gasteiger partial charge in [-0.3, -0.25) is 4.79 Å². The summed E-state index contributed by atoms with van der Waals surface area (Å²) in [4.78, 5) is 14.2. The Labute approximate surface area is 160 Å². The summed E-state index contributed by atoms with van der Waals surface area (Å²) >= 11 is 7.33. The Morgan fingerprint density at radius 3 is 2.62 bits per heavy atom. The van der Waals surface area contributed by atoms with Gasteiger partial charge in [-0.05, 0) is 61.9 Å². The van der Waals surface area contributed by atoms with Crippen molar-refractivity contribution >= 4 is 44.7 Å². The smallest absolute Gasteiger partial charge is 0.265 e. The highest BCUT2D eigenvalue weighted by molar-refractivity contribution is 7.20. The summed E-state index contributed by atoms with van der Waals surface area (Å²) in [7, 11) is 0. The Bertz CT molecular complexity index is 1110. The predicted octanol–water partition coefficient (Wildman–Crippen LogP) is 5.61. The molecule has 0 aliphatic heterocycles. The fourth-order valence-corrected chi connectivity index (χ4v) is 4.02. The van der Waals surface area contributed by atoms with Crippen molar-refractivity contribution < 1.29 is 4.79 Å². The quantitative estimate of drug-likeness (QED) is 0.501. The first-order chi connectivity index (χ1) is 12.5. The molecular weight excluding hydrogens is 366 g/mol. The summed E-state index contributed by atoms with van der Waals surface area (Å²) in [5.41, 5.74) is 3.79. The van der Waals surface area contributed by atoms with E-state index in [1.165, 1.54) is 16.9 Å². The molecular formula is C20H16ClN3OS. The standard InChI is InChI=1S/C20H16ClN3OS/c1-12-4-3-5-16(10-12)24-20-17(13(2)23-24)11-18(26-20)19(25)22-15-8-6-14(21)7-9-15/h3-11H,1-2H3,(H,22,25). The van der Waals surface area contributed by atoms with E-state index in [-0.39, 0.29) is 5.91 Å². The second-order valence-corrected chi connectivity index (χ2v) is 7.59. The van der Waals surface area contributed by atoms with Crippen LogP contribution in [-0.2, 0) is 0 Å². The number of rotatable bonds is 3. The Balaban J connectivity index is 1.70. The van der Waals surface area contributed by atoms with Crippen molar-refractivity contribution in [2.45, 2.75) is 13.8 Å². The van der Waals surface area contributed by atoms with Gasteiger partial charge in [0.15, 0.2) is 0 Å². The van der Waals surface area contributed by atoms with Gasteiger partial charge in [0.2, 0.25) is 0 Å². The van der Waals surface area contributed by atoms with Crippen LogP contribution in [0.4, 0.5) is 5.69 Å². The van der Waals surface area contributed by atoms with Crippen molar-refractivity contribution in [2.75, 3.05) is 5.32 Å². The average molecular weight is 382 g/mol. The number of aromatic nitrogens is 2. The normalized spacial score (nSPS) is 11.0. The van der Waals surface area contributed by atoms with Crippen molar-refractivity contribution in [1.29, 1.82) is 0 Å². The summed E-state index contributed by atoms with van der Waals surface area (Å²) in [6.07, 6.45) is 0.